The number of nitrogens with two attached hydrogens (primary N) is 1. The molecule has 2 aromatic rings. The van der Waals surface area contributed by atoms with Crippen LogP contribution < -0.4 is 11.3 Å². The molecule has 1 aromatic carbocycles. The highest BCUT2D eigenvalue weighted by Gasteiger charge is 2.26. The smallest absolute Gasteiger partial charge is 0.0928 e. The van der Waals surface area contributed by atoms with Gasteiger partial charge in [-0.3, -0.25) is 10.8 Å². The minimum atomic E-state index is 0.539. The molecule has 0 spiro atoms. The molecular weight excluding hydrogens is 269 g/mol. The van der Waals surface area contributed by atoms with Gasteiger partial charge in [0, 0.05) is 17.0 Å². The van der Waals surface area contributed by atoms with E-state index in [9.17, 15) is 0 Å². The largest absolute Gasteiger partial charge is 0.323 e. The Morgan fingerprint density at radius 3 is 2.67 bits per heavy atom. The number of rotatable bonds is 2. The Balaban J connectivity index is 2.38. The zero-order valence-electron chi connectivity index (χ0n) is 9.93. The van der Waals surface area contributed by atoms with Crippen LogP contribution in [0.2, 0.25) is 10.0 Å². The lowest BCUT2D eigenvalue weighted by Crippen LogP contribution is -2.09. The van der Waals surface area contributed by atoms with Crippen LogP contribution in [0.5, 0.6) is 0 Å². The van der Waals surface area contributed by atoms with Gasteiger partial charge in [-0.2, -0.15) is 0 Å². The number of aryl methyl sites for hydroxylation is 1. The number of nitrogen functional groups attached to an aromatic ring is 1. The van der Waals surface area contributed by atoms with Gasteiger partial charge in [0.25, 0.3) is 0 Å². The van der Waals surface area contributed by atoms with Crippen molar-refractivity contribution in [2.45, 2.75) is 25.7 Å². The molecule has 3 N–H and O–H groups in total. The highest BCUT2D eigenvalue weighted by molar-refractivity contribution is 6.41. The van der Waals surface area contributed by atoms with Crippen LogP contribution in [-0.2, 0) is 0 Å². The average molecular weight is 282 g/mol. The fourth-order valence-corrected chi connectivity index (χ4v) is 2.73. The topological polar surface area (TPSA) is 50.9 Å². The number of anilines is 1. The maximum atomic E-state index is 6.34. The molecule has 1 heterocycles. The predicted molar refractivity (Wildman–Crippen MR) is 76.3 cm³/mol. The first-order valence-electron chi connectivity index (χ1n) is 5.87. The van der Waals surface area contributed by atoms with Gasteiger partial charge in [0.2, 0.25) is 0 Å². The second kappa shape index (κ2) is 4.26. The zero-order valence-corrected chi connectivity index (χ0v) is 11.4. The first-order valence-corrected chi connectivity index (χ1v) is 6.63. The van der Waals surface area contributed by atoms with Crippen LogP contribution >= 0.6 is 23.2 Å². The molecule has 1 aliphatic carbocycles. The van der Waals surface area contributed by atoms with Gasteiger partial charge < -0.3 is 5.43 Å². The number of halogens is 2. The number of nitrogens with one attached hydrogen (secondary N) is 1. The fraction of sp³-hybridized carbons (Fsp3) is 0.308. The summed E-state index contributed by atoms with van der Waals surface area (Å²) >= 11 is 12.6. The van der Waals surface area contributed by atoms with Crippen molar-refractivity contribution >= 4 is 39.8 Å². The summed E-state index contributed by atoms with van der Waals surface area (Å²) in [5.74, 6) is 6.13. The van der Waals surface area contributed by atoms with E-state index in [0.717, 1.165) is 27.8 Å². The summed E-state index contributed by atoms with van der Waals surface area (Å²) in [5, 5.41) is 2.07. The Kier molecular flexibility index (Phi) is 2.85. The van der Waals surface area contributed by atoms with E-state index in [1.165, 1.54) is 12.8 Å². The molecule has 3 nitrogen and oxygen atoms in total. The van der Waals surface area contributed by atoms with Gasteiger partial charge in [0.05, 0.1) is 21.2 Å². The number of aromatic nitrogens is 1. The van der Waals surface area contributed by atoms with E-state index in [4.69, 9.17) is 29.0 Å². The lowest BCUT2D eigenvalue weighted by Gasteiger charge is -2.12. The third-order valence-corrected chi connectivity index (χ3v) is 4.10. The quantitative estimate of drug-likeness (QED) is 0.646. The summed E-state index contributed by atoms with van der Waals surface area (Å²) in [6, 6.07) is 3.82. The summed E-state index contributed by atoms with van der Waals surface area (Å²) < 4.78 is 0. The summed E-state index contributed by atoms with van der Waals surface area (Å²) in [6.07, 6.45) is 2.36. The summed E-state index contributed by atoms with van der Waals surface area (Å²) in [6.45, 7) is 1.92. The number of fused-ring (bicyclic) bond motifs is 1. The van der Waals surface area contributed by atoms with Crippen LogP contribution in [0.25, 0.3) is 10.9 Å². The molecule has 0 aliphatic heterocycles. The molecule has 0 bridgehead atoms. The number of hydrogen-bond acceptors (Lipinski definition) is 3. The monoisotopic (exact) mass is 281 g/mol. The first-order chi connectivity index (χ1) is 8.61. The lowest BCUT2D eigenvalue weighted by molar-refractivity contribution is 1.04. The third-order valence-electron chi connectivity index (χ3n) is 3.33. The zero-order chi connectivity index (χ0) is 12.9. The van der Waals surface area contributed by atoms with Crippen LogP contribution in [0.1, 0.15) is 30.0 Å². The molecule has 3 rings (SSSR count). The van der Waals surface area contributed by atoms with Crippen LogP contribution in [0, 0.1) is 6.92 Å². The third kappa shape index (κ3) is 1.83. The molecule has 0 unspecified atom stereocenters. The van der Waals surface area contributed by atoms with Gasteiger partial charge in [0.1, 0.15) is 0 Å². The van der Waals surface area contributed by atoms with Crippen LogP contribution in [0.15, 0.2) is 12.1 Å². The van der Waals surface area contributed by atoms with Crippen LogP contribution in [-0.4, -0.2) is 4.98 Å². The van der Waals surface area contributed by atoms with E-state index < -0.39 is 0 Å². The van der Waals surface area contributed by atoms with E-state index in [1.54, 1.807) is 0 Å². The minimum Gasteiger partial charge on any atom is -0.323 e. The molecule has 0 saturated heterocycles. The standard InChI is InChI=1S/C13H13Cl2N3/c1-6-4-8(14)13-11(12(6)15)10(18-16)5-9(17-13)7-2-3-7/h4-5,7H,2-3,16H2,1H3,(H,17,18). The van der Waals surface area contributed by atoms with Crippen molar-refractivity contribution in [1.29, 1.82) is 0 Å². The molecule has 18 heavy (non-hydrogen) atoms. The van der Waals surface area contributed by atoms with Crippen molar-refractivity contribution in [2.75, 3.05) is 5.43 Å². The first kappa shape index (κ1) is 12.0. The van der Waals surface area contributed by atoms with Crippen LogP contribution in [0.3, 0.4) is 0 Å². The normalized spacial score (nSPS) is 15.1. The summed E-state index contributed by atoms with van der Waals surface area (Å²) in [4.78, 5) is 4.64. The molecule has 1 saturated carbocycles. The van der Waals surface area contributed by atoms with Gasteiger partial charge in [-0.15, -0.1) is 0 Å². The Bertz CT molecular complexity index is 636. The number of hydrazine groups is 1. The van der Waals surface area contributed by atoms with Crippen molar-refractivity contribution in [3.63, 3.8) is 0 Å². The van der Waals surface area contributed by atoms with E-state index in [0.29, 0.717) is 16.0 Å². The van der Waals surface area contributed by atoms with Crippen molar-refractivity contribution in [1.82, 2.24) is 4.98 Å². The maximum absolute atomic E-state index is 6.34. The van der Waals surface area contributed by atoms with Gasteiger partial charge in [-0.05, 0) is 37.5 Å². The molecule has 1 fully saturated rings. The molecule has 94 valence electrons. The second-order valence-electron chi connectivity index (χ2n) is 4.73. The number of hydrogen-bond donors (Lipinski definition) is 2. The Hall–Kier alpha value is -1.03. The van der Waals surface area contributed by atoms with Gasteiger partial charge in [0.15, 0.2) is 0 Å². The highest BCUT2D eigenvalue weighted by Crippen LogP contribution is 2.43. The number of pyridine rings is 1. The Labute approximate surface area is 115 Å². The Morgan fingerprint density at radius 2 is 2.06 bits per heavy atom. The van der Waals surface area contributed by atoms with Crippen LogP contribution in [0.4, 0.5) is 5.69 Å². The number of nitrogens with zero attached hydrogens (tertiary/aromatic N) is 1. The highest BCUT2D eigenvalue weighted by atomic mass is 35.5. The van der Waals surface area contributed by atoms with E-state index in [-0.39, 0.29) is 0 Å². The molecular formula is C13H13Cl2N3. The van der Waals surface area contributed by atoms with Gasteiger partial charge >= 0.3 is 0 Å². The Morgan fingerprint density at radius 1 is 1.33 bits per heavy atom. The van der Waals surface area contributed by atoms with Gasteiger partial charge in [-0.25, -0.2) is 0 Å². The number of benzene rings is 1. The SMILES string of the molecule is Cc1cc(Cl)c2nc(C3CC3)cc(NN)c2c1Cl. The van der Waals surface area contributed by atoms with E-state index >= 15 is 0 Å². The summed E-state index contributed by atoms with van der Waals surface area (Å²) in [5.41, 5.74) is 6.18. The van der Waals surface area contributed by atoms with Crippen molar-refractivity contribution in [2.24, 2.45) is 5.84 Å². The fourth-order valence-electron chi connectivity index (χ4n) is 2.18. The van der Waals surface area contributed by atoms with Gasteiger partial charge in [-0.1, -0.05) is 23.2 Å². The van der Waals surface area contributed by atoms with E-state index in [1.807, 2.05) is 19.1 Å². The molecule has 1 aliphatic rings. The van der Waals surface area contributed by atoms with Crippen molar-refractivity contribution in [3.8, 4) is 0 Å². The second-order valence-corrected chi connectivity index (χ2v) is 5.51. The van der Waals surface area contributed by atoms with Crippen molar-refractivity contribution < 1.29 is 0 Å². The molecule has 1 aromatic heterocycles. The van der Waals surface area contributed by atoms with E-state index in [2.05, 4.69) is 10.4 Å². The van der Waals surface area contributed by atoms with Crippen molar-refractivity contribution in [3.05, 3.63) is 33.4 Å². The predicted octanol–water partition coefficient (Wildman–Crippen LogP) is 4.01. The molecule has 0 radical (unpaired) electrons. The molecule has 5 heteroatoms. The average Bonchev–Trinajstić information content (AvgIpc) is 3.18. The minimum absolute atomic E-state index is 0.539. The maximum Gasteiger partial charge on any atom is 0.0928 e. The molecule has 0 amide bonds. The summed E-state index contributed by atoms with van der Waals surface area (Å²) in [7, 11) is 0. The lowest BCUT2D eigenvalue weighted by atomic mass is 10.1. The molecule has 0 atom stereocenters.